The number of halogens is 1. The number of rotatable bonds is 2. The third kappa shape index (κ3) is 2.68. The lowest BCUT2D eigenvalue weighted by molar-refractivity contribution is -0.126. The van der Waals surface area contributed by atoms with Crippen LogP contribution >= 0.6 is 11.6 Å². The van der Waals surface area contributed by atoms with Gasteiger partial charge in [-0.15, -0.1) is 0 Å². The molecular formula is C23H24ClN3O2. The van der Waals surface area contributed by atoms with Crippen LogP contribution in [0.15, 0.2) is 36.4 Å². The predicted molar refractivity (Wildman–Crippen MR) is 113 cm³/mol. The number of carbonyl (C=O) groups is 2. The molecule has 3 atom stereocenters. The third-order valence-corrected chi connectivity index (χ3v) is 6.73. The van der Waals surface area contributed by atoms with Gasteiger partial charge < -0.3 is 0 Å². The Balaban J connectivity index is 1.61. The average molecular weight is 410 g/mol. The van der Waals surface area contributed by atoms with E-state index in [-0.39, 0.29) is 17.9 Å². The van der Waals surface area contributed by atoms with Gasteiger partial charge in [0, 0.05) is 18.1 Å². The molecule has 5 rings (SSSR count). The van der Waals surface area contributed by atoms with Crippen molar-refractivity contribution in [3.63, 3.8) is 0 Å². The topological polar surface area (TPSA) is 43.9 Å². The van der Waals surface area contributed by atoms with Gasteiger partial charge in [0.2, 0.25) is 5.91 Å². The summed E-state index contributed by atoms with van der Waals surface area (Å²) in [7, 11) is 0. The third-order valence-electron chi connectivity index (χ3n) is 6.48. The minimum absolute atomic E-state index is 0.0931. The Morgan fingerprint density at radius 2 is 1.45 bits per heavy atom. The van der Waals surface area contributed by atoms with Gasteiger partial charge in [0.05, 0.1) is 17.6 Å². The van der Waals surface area contributed by atoms with Crippen molar-refractivity contribution in [3.8, 4) is 0 Å². The average Bonchev–Trinajstić information content (AvgIpc) is 3.30. The number of benzene rings is 2. The van der Waals surface area contributed by atoms with E-state index in [9.17, 15) is 9.59 Å². The number of fused-ring (bicyclic) bond motifs is 3. The van der Waals surface area contributed by atoms with Crippen LogP contribution in [0.1, 0.15) is 34.7 Å². The molecule has 3 saturated heterocycles. The summed E-state index contributed by atoms with van der Waals surface area (Å²) in [5.41, 5.74) is 4.85. The molecule has 0 bridgehead atoms. The van der Waals surface area contributed by atoms with Gasteiger partial charge in [-0.3, -0.25) is 9.59 Å². The molecule has 150 valence electrons. The van der Waals surface area contributed by atoms with E-state index in [1.165, 1.54) is 4.90 Å². The van der Waals surface area contributed by atoms with E-state index < -0.39 is 12.0 Å². The fraction of sp³-hybridized carbons (Fsp3) is 0.391. The zero-order valence-corrected chi connectivity index (χ0v) is 17.6. The molecule has 3 aliphatic heterocycles. The Hall–Kier alpha value is -2.21. The van der Waals surface area contributed by atoms with Crippen molar-refractivity contribution in [3.05, 3.63) is 63.7 Å². The second-order valence-corrected chi connectivity index (χ2v) is 8.84. The van der Waals surface area contributed by atoms with E-state index in [1.807, 2.05) is 57.2 Å². The molecule has 3 fully saturated rings. The smallest absolute Gasteiger partial charge is 0.253 e. The highest BCUT2D eigenvalue weighted by Gasteiger charge is 2.63. The second-order valence-electron chi connectivity index (χ2n) is 8.41. The van der Waals surface area contributed by atoms with Crippen LogP contribution in [0.2, 0.25) is 5.02 Å². The van der Waals surface area contributed by atoms with Crippen LogP contribution in [-0.2, 0) is 9.59 Å². The number of aryl methyl sites for hydroxylation is 3. The van der Waals surface area contributed by atoms with Gasteiger partial charge in [-0.25, -0.2) is 14.9 Å². The maximum absolute atomic E-state index is 13.7. The molecule has 0 radical (unpaired) electrons. The summed E-state index contributed by atoms with van der Waals surface area (Å²) in [6.45, 7) is 7.66. The van der Waals surface area contributed by atoms with Crippen molar-refractivity contribution in [1.29, 1.82) is 0 Å². The molecule has 0 spiro atoms. The highest BCUT2D eigenvalue weighted by molar-refractivity contribution is 6.30. The zero-order valence-electron chi connectivity index (χ0n) is 16.9. The summed E-state index contributed by atoms with van der Waals surface area (Å²) >= 11 is 6.09. The first kappa shape index (κ1) is 18.8. The number of hydrogen-bond acceptors (Lipinski definition) is 4. The van der Waals surface area contributed by atoms with E-state index in [1.54, 1.807) is 0 Å². The van der Waals surface area contributed by atoms with Gasteiger partial charge in [0.1, 0.15) is 6.04 Å². The molecule has 2 aromatic rings. The van der Waals surface area contributed by atoms with E-state index in [0.717, 1.165) is 47.5 Å². The number of imide groups is 1. The van der Waals surface area contributed by atoms with Crippen LogP contribution in [0, 0.1) is 26.7 Å². The zero-order chi connectivity index (χ0) is 20.4. The second kappa shape index (κ2) is 6.66. The summed E-state index contributed by atoms with van der Waals surface area (Å²) in [4.78, 5) is 28.7. The molecule has 29 heavy (non-hydrogen) atoms. The summed E-state index contributed by atoms with van der Waals surface area (Å²) in [5, 5.41) is 5.02. The van der Waals surface area contributed by atoms with Crippen molar-refractivity contribution in [1.82, 2.24) is 10.0 Å². The first-order chi connectivity index (χ1) is 13.9. The maximum Gasteiger partial charge on any atom is 0.253 e. The van der Waals surface area contributed by atoms with E-state index in [4.69, 9.17) is 11.6 Å². The Morgan fingerprint density at radius 3 is 2.07 bits per heavy atom. The van der Waals surface area contributed by atoms with Crippen molar-refractivity contribution < 1.29 is 9.59 Å². The standard InChI is InChI=1S/C23H24ClN3O2/c1-13-11-14(2)19(15(3)12-13)27-22(28)18-20(16-5-7-17(24)8-6-16)25-9-4-10-26(25)21(18)23(27)29/h5-8,11-12,18,20-21H,4,9-10H2,1-3H3/t18-,20+,21-/m0/s1. The number of hydrogen-bond donors (Lipinski definition) is 0. The highest BCUT2D eigenvalue weighted by Crippen LogP contribution is 2.49. The molecule has 2 aromatic carbocycles. The van der Waals surface area contributed by atoms with Crippen molar-refractivity contribution in [2.24, 2.45) is 5.92 Å². The lowest BCUT2D eigenvalue weighted by atomic mass is 9.90. The van der Waals surface area contributed by atoms with E-state index in [0.29, 0.717) is 5.02 Å². The quantitative estimate of drug-likeness (QED) is 0.707. The molecule has 0 saturated carbocycles. The SMILES string of the molecule is Cc1cc(C)c(N2C(=O)[C@@H]3[C@@H](C2=O)N2CCCN2[C@@H]3c2ccc(Cl)cc2)c(C)c1. The number of anilines is 1. The molecule has 5 nitrogen and oxygen atoms in total. The Labute approximate surface area is 175 Å². The summed E-state index contributed by atoms with van der Waals surface area (Å²) in [6.07, 6.45) is 0.997. The Morgan fingerprint density at radius 1 is 0.862 bits per heavy atom. The van der Waals surface area contributed by atoms with Crippen LogP contribution < -0.4 is 4.90 Å². The minimum atomic E-state index is -0.425. The largest absolute Gasteiger partial charge is 0.274 e. The summed E-state index contributed by atoms with van der Waals surface area (Å²) in [6, 6.07) is 11.2. The van der Waals surface area contributed by atoms with E-state index in [2.05, 4.69) is 10.0 Å². The summed E-state index contributed by atoms with van der Waals surface area (Å²) in [5.74, 6) is -0.591. The van der Waals surface area contributed by atoms with Gasteiger partial charge in [-0.1, -0.05) is 41.4 Å². The van der Waals surface area contributed by atoms with Gasteiger partial charge >= 0.3 is 0 Å². The molecular weight excluding hydrogens is 386 g/mol. The van der Waals surface area contributed by atoms with Crippen molar-refractivity contribution in [2.75, 3.05) is 18.0 Å². The molecule has 6 heteroatoms. The fourth-order valence-corrected chi connectivity index (χ4v) is 5.64. The number of carbonyl (C=O) groups excluding carboxylic acids is 2. The number of nitrogens with zero attached hydrogens (tertiary/aromatic N) is 3. The van der Waals surface area contributed by atoms with Crippen LogP contribution in [0.25, 0.3) is 0 Å². The molecule has 3 heterocycles. The monoisotopic (exact) mass is 409 g/mol. The molecule has 2 amide bonds. The normalized spacial score (nSPS) is 27.0. The minimum Gasteiger partial charge on any atom is -0.274 e. The van der Waals surface area contributed by atoms with E-state index >= 15 is 0 Å². The van der Waals surface area contributed by atoms with Crippen molar-refractivity contribution in [2.45, 2.75) is 39.3 Å². The predicted octanol–water partition coefficient (Wildman–Crippen LogP) is 3.80. The molecule has 0 N–H and O–H groups in total. The number of amides is 2. The lowest BCUT2D eigenvalue weighted by Crippen LogP contribution is -2.44. The van der Waals surface area contributed by atoms with Crippen LogP contribution in [0.3, 0.4) is 0 Å². The first-order valence-electron chi connectivity index (χ1n) is 10.1. The van der Waals surface area contributed by atoms with Gasteiger partial charge in [-0.05, 0) is 56.0 Å². The van der Waals surface area contributed by atoms with Crippen LogP contribution in [-0.4, -0.2) is 41.0 Å². The summed E-state index contributed by atoms with van der Waals surface area (Å²) < 4.78 is 0. The van der Waals surface area contributed by atoms with Gasteiger partial charge in [-0.2, -0.15) is 0 Å². The maximum atomic E-state index is 13.7. The van der Waals surface area contributed by atoms with Gasteiger partial charge in [0.15, 0.2) is 0 Å². The highest BCUT2D eigenvalue weighted by atomic mass is 35.5. The first-order valence-corrected chi connectivity index (χ1v) is 10.5. The number of hydrazine groups is 1. The molecule has 0 unspecified atom stereocenters. The Bertz CT molecular complexity index is 996. The van der Waals surface area contributed by atoms with Crippen molar-refractivity contribution >= 4 is 29.1 Å². The van der Waals surface area contributed by atoms with Crippen LogP contribution in [0.5, 0.6) is 0 Å². The fourth-order valence-electron chi connectivity index (χ4n) is 5.52. The lowest BCUT2D eigenvalue weighted by Gasteiger charge is -2.30. The van der Waals surface area contributed by atoms with Gasteiger partial charge in [0.25, 0.3) is 5.91 Å². The van der Waals surface area contributed by atoms with Crippen LogP contribution in [0.4, 0.5) is 5.69 Å². The molecule has 3 aliphatic rings. The molecule has 0 aromatic heterocycles. The Kier molecular flexibility index (Phi) is 4.32. The molecule has 0 aliphatic carbocycles.